The molecule has 29 heavy (non-hydrogen) atoms. The van der Waals surface area contributed by atoms with Gasteiger partial charge >= 0.3 is 0 Å². The van der Waals surface area contributed by atoms with Crippen LogP contribution in [0.5, 0.6) is 11.5 Å². The van der Waals surface area contributed by atoms with Crippen LogP contribution in [0.25, 0.3) is 11.4 Å². The second-order valence-electron chi connectivity index (χ2n) is 6.64. The summed E-state index contributed by atoms with van der Waals surface area (Å²) in [5.41, 5.74) is 1.55. The van der Waals surface area contributed by atoms with Crippen molar-refractivity contribution < 1.29 is 18.8 Å². The summed E-state index contributed by atoms with van der Waals surface area (Å²) in [5.74, 6) is 1.99. The van der Waals surface area contributed by atoms with Crippen molar-refractivity contribution >= 4 is 23.2 Å². The summed E-state index contributed by atoms with van der Waals surface area (Å²) in [6, 6.07) is 12.7. The van der Waals surface area contributed by atoms with Gasteiger partial charge in [0.2, 0.25) is 17.6 Å². The lowest BCUT2D eigenvalue weighted by atomic mass is 10.1. The molecule has 3 aromatic rings. The van der Waals surface area contributed by atoms with Crippen molar-refractivity contribution in [2.24, 2.45) is 0 Å². The summed E-state index contributed by atoms with van der Waals surface area (Å²) >= 11 is 5.94. The Bertz CT molecular complexity index is 1020. The van der Waals surface area contributed by atoms with Crippen LogP contribution < -0.4 is 14.4 Å². The molecule has 0 aliphatic carbocycles. The first-order chi connectivity index (χ1) is 14.1. The molecule has 2 heterocycles. The lowest BCUT2D eigenvalue weighted by Crippen LogP contribution is -2.24. The molecular formula is C21H20ClN3O4. The zero-order chi connectivity index (χ0) is 20.4. The lowest BCUT2D eigenvalue weighted by molar-refractivity contribution is -0.117. The predicted molar refractivity (Wildman–Crippen MR) is 109 cm³/mol. The third-order valence-electron chi connectivity index (χ3n) is 4.78. The molecule has 1 aliphatic rings. The zero-order valence-electron chi connectivity index (χ0n) is 16.1. The largest absolute Gasteiger partial charge is 0.493 e. The molecule has 0 spiro atoms. The third kappa shape index (κ3) is 3.91. The quantitative estimate of drug-likeness (QED) is 0.599. The van der Waals surface area contributed by atoms with Crippen molar-refractivity contribution in [1.82, 2.24) is 10.1 Å². The van der Waals surface area contributed by atoms with Crippen molar-refractivity contribution in [1.29, 1.82) is 0 Å². The van der Waals surface area contributed by atoms with Gasteiger partial charge in [0, 0.05) is 29.2 Å². The van der Waals surface area contributed by atoms with Gasteiger partial charge in [0.15, 0.2) is 11.5 Å². The molecule has 1 saturated heterocycles. The maximum absolute atomic E-state index is 12.5. The number of carbonyl (C=O) groups is 1. The third-order valence-corrected chi connectivity index (χ3v) is 5.03. The van der Waals surface area contributed by atoms with Gasteiger partial charge in [-0.15, -0.1) is 0 Å². The van der Waals surface area contributed by atoms with Gasteiger partial charge < -0.3 is 18.9 Å². The standard InChI is InChI=1S/C21H20ClN3O4/c1-3-28-17-9-4-13(10-18(17)27-2)20-23-21(29-24-20)14-11-19(26)25(12-14)16-7-5-15(22)6-8-16/h4-10,14H,3,11-12H2,1-2H3. The zero-order valence-corrected chi connectivity index (χ0v) is 16.8. The van der Waals surface area contributed by atoms with Crippen LogP contribution >= 0.6 is 11.6 Å². The SMILES string of the molecule is CCOc1ccc(-c2noc(C3CC(=O)N(c4ccc(Cl)cc4)C3)n2)cc1OC. The molecule has 4 rings (SSSR count). The number of nitrogens with zero attached hydrogens (tertiary/aromatic N) is 3. The van der Waals surface area contributed by atoms with Crippen LogP contribution in [0.2, 0.25) is 5.02 Å². The molecule has 0 bridgehead atoms. The Morgan fingerprint density at radius 1 is 1.21 bits per heavy atom. The Morgan fingerprint density at radius 3 is 2.72 bits per heavy atom. The topological polar surface area (TPSA) is 77.7 Å². The maximum atomic E-state index is 12.5. The van der Waals surface area contributed by atoms with E-state index in [1.54, 1.807) is 30.2 Å². The number of halogens is 1. The summed E-state index contributed by atoms with van der Waals surface area (Å²) in [6.07, 6.45) is 0.316. The van der Waals surface area contributed by atoms with Crippen molar-refractivity contribution in [2.45, 2.75) is 19.3 Å². The molecule has 2 aromatic carbocycles. The van der Waals surface area contributed by atoms with Crippen molar-refractivity contribution in [3.63, 3.8) is 0 Å². The highest BCUT2D eigenvalue weighted by molar-refractivity contribution is 6.30. The fourth-order valence-electron chi connectivity index (χ4n) is 3.34. The smallest absolute Gasteiger partial charge is 0.232 e. The van der Waals surface area contributed by atoms with E-state index in [2.05, 4.69) is 10.1 Å². The molecule has 0 saturated carbocycles. The lowest BCUT2D eigenvalue weighted by Gasteiger charge is -2.15. The summed E-state index contributed by atoms with van der Waals surface area (Å²) in [6.45, 7) is 2.94. The van der Waals surface area contributed by atoms with E-state index in [0.717, 1.165) is 11.3 Å². The first-order valence-corrected chi connectivity index (χ1v) is 9.67. The van der Waals surface area contributed by atoms with Crippen LogP contribution in [-0.2, 0) is 4.79 Å². The summed E-state index contributed by atoms with van der Waals surface area (Å²) in [5, 5.41) is 4.72. The highest BCUT2D eigenvalue weighted by atomic mass is 35.5. The second-order valence-corrected chi connectivity index (χ2v) is 7.07. The Hall–Kier alpha value is -3.06. The number of rotatable bonds is 6. The monoisotopic (exact) mass is 413 g/mol. The Kier molecular flexibility index (Phi) is 5.40. The van der Waals surface area contributed by atoms with Crippen molar-refractivity contribution in [3.8, 4) is 22.9 Å². The van der Waals surface area contributed by atoms with E-state index in [1.165, 1.54) is 0 Å². The van der Waals surface area contributed by atoms with Gasteiger partial charge in [-0.25, -0.2) is 0 Å². The summed E-state index contributed by atoms with van der Waals surface area (Å²) in [7, 11) is 1.58. The number of anilines is 1. The number of amides is 1. The van der Waals surface area contributed by atoms with Gasteiger partial charge in [-0.3, -0.25) is 4.79 Å². The van der Waals surface area contributed by atoms with Gasteiger partial charge in [-0.2, -0.15) is 4.98 Å². The number of methoxy groups -OCH3 is 1. The normalized spacial score (nSPS) is 16.3. The second kappa shape index (κ2) is 8.13. The highest BCUT2D eigenvalue weighted by Crippen LogP contribution is 2.34. The Balaban J connectivity index is 1.54. The molecule has 0 radical (unpaired) electrons. The number of hydrogen-bond donors (Lipinski definition) is 0. The van der Waals surface area contributed by atoms with Crippen LogP contribution in [0.3, 0.4) is 0 Å². The molecule has 150 valence electrons. The van der Waals surface area contributed by atoms with Crippen LogP contribution in [0.15, 0.2) is 47.0 Å². The van der Waals surface area contributed by atoms with Crippen LogP contribution in [0.1, 0.15) is 25.2 Å². The molecule has 7 nitrogen and oxygen atoms in total. The summed E-state index contributed by atoms with van der Waals surface area (Å²) in [4.78, 5) is 18.7. The van der Waals surface area contributed by atoms with Crippen molar-refractivity contribution in [2.75, 3.05) is 25.2 Å². The number of ether oxygens (including phenoxy) is 2. The Labute approximate surface area is 173 Å². The van der Waals surface area contributed by atoms with Crippen molar-refractivity contribution in [3.05, 3.63) is 53.4 Å². The van der Waals surface area contributed by atoms with E-state index >= 15 is 0 Å². The van der Waals surface area contributed by atoms with Crippen LogP contribution in [0, 0.1) is 0 Å². The minimum absolute atomic E-state index is 0.0137. The van der Waals surface area contributed by atoms with E-state index in [9.17, 15) is 4.79 Å². The molecule has 1 amide bonds. The van der Waals surface area contributed by atoms with E-state index in [4.69, 9.17) is 25.6 Å². The average Bonchev–Trinajstić information content (AvgIpc) is 3.36. The molecule has 8 heteroatoms. The molecular weight excluding hydrogens is 394 g/mol. The minimum Gasteiger partial charge on any atom is -0.493 e. The van der Waals surface area contributed by atoms with Crippen LogP contribution in [0.4, 0.5) is 5.69 Å². The van der Waals surface area contributed by atoms with Gasteiger partial charge in [0.1, 0.15) is 0 Å². The molecule has 1 unspecified atom stereocenters. The molecule has 0 N–H and O–H groups in total. The van der Waals surface area contributed by atoms with E-state index in [-0.39, 0.29) is 11.8 Å². The molecule has 1 atom stereocenters. The summed E-state index contributed by atoms with van der Waals surface area (Å²) < 4.78 is 16.4. The molecule has 1 aromatic heterocycles. The average molecular weight is 414 g/mol. The van der Waals surface area contributed by atoms with Gasteiger partial charge in [0.25, 0.3) is 0 Å². The van der Waals surface area contributed by atoms with E-state index < -0.39 is 0 Å². The van der Waals surface area contributed by atoms with E-state index in [0.29, 0.717) is 47.8 Å². The van der Waals surface area contributed by atoms with Gasteiger partial charge in [-0.05, 0) is 49.4 Å². The van der Waals surface area contributed by atoms with E-state index in [1.807, 2.05) is 31.2 Å². The number of carbonyl (C=O) groups excluding carboxylic acids is 1. The first-order valence-electron chi connectivity index (χ1n) is 9.29. The fraction of sp³-hybridized carbons (Fsp3) is 0.286. The number of hydrogen-bond acceptors (Lipinski definition) is 6. The van der Waals surface area contributed by atoms with Gasteiger partial charge in [-0.1, -0.05) is 16.8 Å². The highest BCUT2D eigenvalue weighted by Gasteiger charge is 2.35. The number of benzene rings is 2. The predicted octanol–water partition coefficient (Wildman–Crippen LogP) is 4.32. The molecule has 1 aliphatic heterocycles. The number of aromatic nitrogens is 2. The maximum Gasteiger partial charge on any atom is 0.232 e. The van der Waals surface area contributed by atoms with Gasteiger partial charge in [0.05, 0.1) is 19.6 Å². The minimum atomic E-state index is -0.163. The van der Waals surface area contributed by atoms with Crippen LogP contribution in [-0.4, -0.2) is 36.3 Å². The fourth-order valence-corrected chi connectivity index (χ4v) is 3.47. The first kappa shape index (κ1) is 19.3. The molecule has 1 fully saturated rings. The Morgan fingerprint density at radius 2 is 2.00 bits per heavy atom.